The molecular formula is C8H16O2. The number of hydrogen-bond acceptors (Lipinski definition) is 2. The first kappa shape index (κ1) is 8.02. The second-order valence-electron chi connectivity index (χ2n) is 4.05. The van der Waals surface area contributed by atoms with Gasteiger partial charge in [0.25, 0.3) is 0 Å². The maximum absolute atomic E-state index is 9.19. The highest BCUT2D eigenvalue weighted by Crippen LogP contribution is 2.32. The highest BCUT2D eigenvalue weighted by atomic mass is 16.6. The van der Waals surface area contributed by atoms with Crippen LogP contribution in [0.1, 0.15) is 27.2 Å². The Kier molecular flexibility index (Phi) is 2.02. The van der Waals surface area contributed by atoms with Gasteiger partial charge in [0.2, 0.25) is 0 Å². The van der Waals surface area contributed by atoms with Crippen LogP contribution in [0.5, 0.6) is 0 Å². The highest BCUT2D eigenvalue weighted by Gasteiger charge is 2.31. The van der Waals surface area contributed by atoms with Crippen LogP contribution in [-0.2, 0) is 4.74 Å². The standard InChI is InChI=1S/C8H16O2/c1-6-4-8(2,3)5-10-7(6)9/h6-7,9H,4-5H2,1-3H3/t6-,7-/m1/s1. The minimum atomic E-state index is -0.534. The van der Waals surface area contributed by atoms with Gasteiger partial charge >= 0.3 is 0 Å². The molecule has 2 nitrogen and oxygen atoms in total. The van der Waals surface area contributed by atoms with E-state index in [0.29, 0.717) is 6.61 Å². The quantitative estimate of drug-likeness (QED) is 0.556. The summed E-state index contributed by atoms with van der Waals surface area (Å²) < 4.78 is 5.16. The number of hydrogen-bond donors (Lipinski definition) is 1. The van der Waals surface area contributed by atoms with Gasteiger partial charge in [0.15, 0.2) is 6.29 Å². The van der Waals surface area contributed by atoms with Gasteiger partial charge in [-0.05, 0) is 11.8 Å². The fourth-order valence-corrected chi connectivity index (χ4v) is 1.51. The summed E-state index contributed by atoms with van der Waals surface area (Å²) in [5.74, 6) is 0.281. The van der Waals surface area contributed by atoms with Gasteiger partial charge in [-0.25, -0.2) is 0 Å². The molecule has 1 rings (SSSR count). The van der Waals surface area contributed by atoms with Crippen molar-refractivity contribution in [3.05, 3.63) is 0 Å². The smallest absolute Gasteiger partial charge is 0.157 e. The topological polar surface area (TPSA) is 29.5 Å². The summed E-state index contributed by atoms with van der Waals surface area (Å²) in [5.41, 5.74) is 0.249. The van der Waals surface area contributed by atoms with E-state index in [-0.39, 0.29) is 11.3 Å². The molecule has 0 spiro atoms. The normalized spacial score (nSPS) is 39.6. The molecule has 1 N–H and O–H groups in total. The summed E-state index contributed by atoms with van der Waals surface area (Å²) in [6.45, 7) is 7.02. The summed E-state index contributed by atoms with van der Waals surface area (Å²) in [6.07, 6.45) is 0.516. The Morgan fingerprint density at radius 3 is 2.50 bits per heavy atom. The predicted octanol–water partition coefficient (Wildman–Crippen LogP) is 1.39. The second-order valence-corrected chi connectivity index (χ2v) is 4.05. The van der Waals surface area contributed by atoms with Gasteiger partial charge in [0, 0.05) is 5.92 Å². The minimum absolute atomic E-state index is 0.249. The third-order valence-corrected chi connectivity index (χ3v) is 2.01. The Bertz CT molecular complexity index is 120. The first-order chi connectivity index (χ1) is 4.51. The van der Waals surface area contributed by atoms with Crippen LogP contribution in [0.15, 0.2) is 0 Å². The minimum Gasteiger partial charge on any atom is -0.368 e. The lowest BCUT2D eigenvalue weighted by molar-refractivity contribution is -0.187. The molecule has 0 bridgehead atoms. The van der Waals surface area contributed by atoms with Gasteiger partial charge in [-0.15, -0.1) is 0 Å². The van der Waals surface area contributed by atoms with Crippen LogP contribution < -0.4 is 0 Å². The van der Waals surface area contributed by atoms with Crippen molar-refractivity contribution in [2.75, 3.05) is 6.61 Å². The third-order valence-electron chi connectivity index (χ3n) is 2.01. The molecule has 1 aliphatic rings. The lowest BCUT2D eigenvalue weighted by atomic mass is 9.82. The van der Waals surface area contributed by atoms with Gasteiger partial charge in [-0.1, -0.05) is 20.8 Å². The maximum Gasteiger partial charge on any atom is 0.157 e. The van der Waals surface area contributed by atoms with Crippen molar-refractivity contribution in [1.82, 2.24) is 0 Å². The van der Waals surface area contributed by atoms with E-state index in [9.17, 15) is 5.11 Å². The SMILES string of the molecule is C[C@@H]1CC(C)(C)CO[C@H]1O. The predicted molar refractivity (Wildman–Crippen MR) is 39.5 cm³/mol. The van der Waals surface area contributed by atoms with Crippen LogP contribution in [0, 0.1) is 11.3 Å². The number of aliphatic hydroxyl groups is 1. The monoisotopic (exact) mass is 144 g/mol. The molecule has 1 aliphatic heterocycles. The molecule has 0 aromatic heterocycles. The van der Waals surface area contributed by atoms with Crippen LogP contribution in [-0.4, -0.2) is 18.0 Å². The molecule has 1 heterocycles. The Balaban J connectivity index is 2.49. The van der Waals surface area contributed by atoms with Gasteiger partial charge < -0.3 is 9.84 Å². The van der Waals surface area contributed by atoms with Crippen LogP contribution in [0.2, 0.25) is 0 Å². The maximum atomic E-state index is 9.19. The van der Waals surface area contributed by atoms with E-state index >= 15 is 0 Å². The molecule has 0 aliphatic carbocycles. The summed E-state index contributed by atoms with van der Waals surface area (Å²) in [4.78, 5) is 0. The molecule has 0 unspecified atom stereocenters. The van der Waals surface area contributed by atoms with Crippen LogP contribution in [0.3, 0.4) is 0 Å². The van der Waals surface area contributed by atoms with Gasteiger partial charge in [-0.3, -0.25) is 0 Å². The summed E-state index contributed by atoms with van der Waals surface area (Å²) in [7, 11) is 0. The summed E-state index contributed by atoms with van der Waals surface area (Å²) >= 11 is 0. The van der Waals surface area contributed by atoms with Gasteiger partial charge in [0.1, 0.15) is 0 Å². The van der Waals surface area contributed by atoms with E-state index in [1.165, 1.54) is 0 Å². The summed E-state index contributed by atoms with van der Waals surface area (Å²) in [5, 5.41) is 9.19. The second kappa shape index (κ2) is 2.51. The van der Waals surface area contributed by atoms with Crippen molar-refractivity contribution < 1.29 is 9.84 Å². The van der Waals surface area contributed by atoms with E-state index in [2.05, 4.69) is 13.8 Å². The Hall–Kier alpha value is -0.0800. The fraction of sp³-hybridized carbons (Fsp3) is 1.00. The largest absolute Gasteiger partial charge is 0.368 e. The highest BCUT2D eigenvalue weighted by molar-refractivity contribution is 4.76. The number of aliphatic hydroxyl groups excluding tert-OH is 1. The molecule has 60 valence electrons. The van der Waals surface area contributed by atoms with Gasteiger partial charge in [-0.2, -0.15) is 0 Å². The number of ether oxygens (including phenoxy) is 1. The molecule has 0 radical (unpaired) electrons. The first-order valence-corrected chi connectivity index (χ1v) is 3.81. The van der Waals surface area contributed by atoms with Crippen molar-refractivity contribution in [2.24, 2.45) is 11.3 Å². The van der Waals surface area contributed by atoms with Crippen LogP contribution in [0.4, 0.5) is 0 Å². The molecule has 0 aromatic rings. The van der Waals surface area contributed by atoms with Crippen molar-refractivity contribution in [1.29, 1.82) is 0 Å². The molecule has 2 heteroatoms. The lowest BCUT2D eigenvalue weighted by Gasteiger charge is -2.36. The summed E-state index contributed by atoms with van der Waals surface area (Å²) in [6, 6.07) is 0. The molecule has 0 amide bonds. The zero-order chi connectivity index (χ0) is 7.78. The first-order valence-electron chi connectivity index (χ1n) is 3.81. The average molecular weight is 144 g/mol. The molecule has 1 saturated heterocycles. The zero-order valence-corrected chi connectivity index (χ0v) is 6.92. The van der Waals surface area contributed by atoms with Gasteiger partial charge in [0.05, 0.1) is 6.61 Å². The molecule has 1 fully saturated rings. The molecule has 0 aromatic carbocycles. The molecule has 10 heavy (non-hydrogen) atoms. The van der Waals surface area contributed by atoms with E-state index in [0.717, 1.165) is 6.42 Å². The van der Waals surface area contributed by atoms with E-state index in [1.807, 2.05) is 6.92 Å². The Morgan fingerprint density at radius 2 is 2.10 bits per heavy atom. The Labute approximate surface area is 62.2 Å². The van der Waals surface area contributed by atoms with E-state index in [4.69, 9.17) is 4.74 Å². The van der Waals surface area contributed by atoms with Crippen molar-refractivity contribution in [3.63, 3.8) is 0 Å². The molecule has 2 atom stereocenters. The zero-order valence-electron chi connectivity index (χ0n) is 6.92. The lowest BCUT2D eigenvalue weighted by Crippen LogP contribution is -2.37. The third kappa shape index (κ3) is 1.70. The van der Waals surface area contributed by atoms with E-state index < -0.39 is 6.29 Å². The van der Waals surface area contributed by atoms with Crippen molar-refractivity contribution in [2.45, 2.75) is 33.5 Å². The number of rotatable bonds is 0. The average Bonchev–Trinajstić information content (AvgIpc) is 1.79. The molecular weight excluding hydrogens is 128 g/mol. The van der Waals surface area contributed by atoms with Crippen molar-refractivity contribution >= 4 is 0 Å². The van der Waals surface area contributed by atoms with E-state index in [1.54, 1.807) is 0 Å². The van der Waals surface area contributed by atoms with Crippen molar-refractivity contribution in [3.8, 4) is 0 Å². The van der Waals surface area contributed by atoms with Crippen LogP contribution in [0.25, 0.3) is 0 Å². The fourth-order valence-electron chi connectivity index (χ4n) is 1.51. The molecule has 0 saturated carbocycles. The Morgan fingerprint density at radius 1 is 1.50 bits per heavy atom. The van der Waals surface area contributed by atoms with Crippen LogP contribution >= 0.6 is 0 Å².